The summed E-state index contributed by atoms with van der Waals surface area (Å²) in [5.41, 5.74) is 4.86. The van der Waals surface area contributed by atoms with Crippen LogP contribution in [0.5, 0.6) is 0 Å². The minimum absolute atomic E-state index is 0.0826. The van der Waals surface area contributed by atoms with E-state index in [1.807, 2.05) is 6.92 Å². The van der Waals surface area contributed by atoms with Gasteiger partial charge in [-0.1, -0.05) is 6.92 Å². The molecule has 6 heterocycles. The number of hydrogen-bond donors (Lipinski definition) is 19. The van der Waals surface area contributed by atoms with Gasteiger partial charge in [-0.05, 0) is 39.7 Å². The van der Waals surface area contributed by atoms with E-state index in [1.165, 1.54) is 6.92 Å². The number of aliphatic hydroxyl groups excluding tert-OH is 16. The van der Waals surface area contributed by atoms with Gasteiger partial charge in [-0.2, -0.15) is 0 Å². The third-order valence-corrected chi connectivity index (χ3v) is 14.8. The fraction of sp³-hybridized carbons (Fsp3) is 0.957. The largest absolute Gasteiger partial charge is 0.394 e. The van der Waals surface area contributed by atoms with Gasteiger partial charge in [-0.3, -0.25) is 9.59 Å². The van der Waals surface area contributed by atoms with Crippen LogP contribution in [-0.2, 0) is 66.4 Å². The Hall–Kier alpha value is -2.22. The highest BCUT2D eigenvalue weighted by molar-refractivity contribution is 5.73. The second kappa shape index (κ2) is 28.8. The second-order valence-electron chi connectivity index (χ2n) is 21.7. The first kappa shape index (κ1) is 66.9. The van der Waals surface area contributed by atoms with Crippen LogP contribution >= 0.6 is 0 Å². The Morgan fingerprint density at radius 1 is 0.475 bits per heavy atom. The van der Waals surface area contributed by atoms with Crippen LogP contribution < -0.4 is 16.4 Å². The predicted molar refractivity (Wildman–Crippen MR) is 257 cm³/mol. The van der Waals surface area contributed by atoms with Gasteiger partial charge >= 0.3 is 0 Å². The van der Waals surface area contributed by atoms with Crippen LogP contribution in [0.3, 0.4) is 0 Å². The summed E-state index contributed by atoms with van der Waals surface area (Å²) in [5.74, 6) is -1.59. The SMILES string of the molecule is CC(=O)NC1C(OC2C(CO[C@@H]3O[C@@H](C)C(O)C(O)C3O)OC(OC(C)(C)CC(C)CN)C(NC(C)=O)C2O)OC(CO)C(OC2OC(COC3OC(CO)C(O)C(O)C3O)C(O)C(O[C@H]3O[C@@H](CO)C(O)C(O)C3O)C2O)C1O. The summed E-state index contributed by atoms with van der Waals surface area (Å²) in [5, 5.41) is 178. The molecule has 0 bridgehead atoms. The number of amides is 2. The molecule has 6 saturated heterocycles. The molecule has 80 heavy (non-hydrogen) atoms. The van der Waals surface area contributed by atoms with Crippen molar-refractivity contribution < 1.29 is 148 Å². The zero-order valence-corrected chi connectivity index (χ0v) is 44.8. The molecule has 6 fully saturated rings. The third kappa shape index (κ3) is 15.4. The van der Waals surface area contributed by atoms with E-state index in [4.69, 9.17) is 62.6 Å². The molecule has 0 aliphatic carbocycles. The van der Waals surface area contributed by atoms with Crippen LogP contribution in [0.15, 0.2) is 0 Å². The molecule has 6 aliphatic heterocycles. The topological polar surface area (TPSA) is 519 Å². The zero-order valence-electron chi connectivity index (χ0n) is 44.8. The number of nitrogens with one attached hydrogen (secondary N) is 2. The van der Waals surface area contributed by atoms with Gasteiger partial charge in [0.05, 0.1) is 44.7 Å². The lowest BCUT2D eigenvalue weighted by Crippen LogP contribution is -2.71. The van der Waals surface area contributed by atoms with E-state index in [1.54, 1.807) is 13.8 Å². The number of nitrogens with two attached hydrogens (primary N) is 1. The number of aliphatic hydroxyl groups is 16. The number of carbonyl (C=O) groups excluding carboxylic acids is 2. The van der Waals surface area contributed by atoms with Crippen molar-refractivity contribution in [3.8, 4) is 0 Å². The smallest absolute Gasteiger partial charge is 0.217 e. The lowest BCUT2D eigenvalue weighted by Gasteiger charge is -2.51. The molecule has 0 saturated carbocycles. The van der Waals surface area contributed by atoms with E-state index in [0.717, 1.165) is 13.8 Å². The first-order valence-electron chi connectivity index (χ1n) is 26.3. The van der Waals surface area contributed by atoms with Gasteiger partial charge < -0.3 is 155 Å². The monoisotopic (exact) mass is 1170 g/mol. The highest BCUT2D eigenvalue weighted by Gasteiger charge is 2.57. The Balaban J connectivity index is 1.30. The van der Waals surface area contributed by atoms with Crippen LogP contribution in [0.25, 0.3) is 0 Å². The molecule has 0 radical (unpaired) electrons. The fourth-order valence-corrected chi connectivity index (χ4v) is 10.4. The molecule has 6 aliphatic rings. The molecule has 33 nitrogen and oxygen atoms in total. The van der Waals surface area contributed by atoms with Gasteiger partial charge in [0.2, 0.25) is 11.8 Å². The van der Waals surface area contributed by atoms with E-state index in [-0.39, 0.29) is 12.5 Å². The molecular formula is C47H83N3O30. The van der Waals surface area contributed by atoms with Gasteiger partial charge in [0, 0.05) is 13.8 Å². The van der Waals surface area contributed by atoms with Crippen molar-refractivity contribution in [2.75, 3.05) is 39.6 Å². The van der Waals surface area contributed by atoms with Crippen molar-refractivity contribution in [2.24, 2.45) is 11.7 Å². The maximum Gasteiger partial charge on any atom is 0.217 e. The Morgan fingerprint density at radius 3 is 1.40 bits per heavy atom. The Morgan fingerprint density at radius 2 is 0.875 bits per heavy atom. The average molecular weight is 1170 g/mol. The van der Waals surface area contributed by atoms with Gasteiger partial charge in [0.15, 0.2) is 37.7 Å². The van der Waals surface area contributed by atoms with Gasteiger partial charge in [-0.25, -0.2) is 0 Å². The molecule has 0 aromatic carbocycles. The molecule has 0 aromatic rings. The Bertz CT molecular complexity index is 1940. The molecule has 0 spiro atoms. The molecule has 27 unspecified atom stereocenters. The molecule has 2 amide bonds. The van der Waals surface area contributed by atoms with E-state index < -0.39 is 235 Å². The number of carbonyl (C=O) groups is 2. The summed E-state index contributed by atoms with van der Waals surface area (Å²) in [7, 11) is 0. The zero-order chi connectivity index (χ0) is 59.4. The quantitative estimate of drug-likeness (QED) is 0.0479. The number of rotatable bonds is 22. The van der Waals surface area contributed by atoms with E-state index >= 15 is 0 Å². The van der Waals surface area contributed by atoms with E-state index in [0.29, 0.717) is 6.42 Å². The van der Waals surface area contributed by atoms with Crippen molar-refractivity contribution >= 4 is 11.8 Å². The van der Waals surface area contributed by atoms with E-state index in [9.17, 15) is 91.3 Å². The van der Waals surface area contributed by atoms with Crippen molar-refractivity contribution in [2.45, 2.75) is 238 Å². The lowest BCUT2D eigenvalue weighted by atomic mass is 9.92. The number of ether oxygens (including phenoxy) is 12. The van der Waals surface area contributed by atoms with Crippen molar-refractivity contribution in [1.29, 1.82) is 0 Å². The summed E-state index contributed by atoms with van der Waals surface area (Å²) in [4.78, 5) is 25.7. The summed E-state index contributed by atoms with van der Waals surface area (Å²) >= 11 is 0. The highest BCUT2D eigenvalue weighted by atomic mass is 16.8. The van der Waals surface area contributed by atoms with Crippen molar-refractivity contribution in [3.63, 3.8) is 0 Å². The molecule has 466 valence electrons. The molecule has 33 heteroatoms. The predicted octanol–water partition coefficient (Wildman–Crippen LogP) is -11.0. The maximum absolute atomic E-state index is 12.9. The minimum atomic E-state index is -2.24. The van der Waals surface area contributed by atoms with E-state index in [2.05, 4.69) is 10.6 Å². The minimum Gasteiger partial charge on any atom is -0.394 e. The first-order valence-corrected chi connectivity index (χ1v) is 26.3. The molecule has 20 N–H and O–H groups in total. The normalized spacial score (nSPS) is 47.1. The summed E-state index contributed by atoms with van der Waals surface area (Å²) in [6.45, 7) is 4.77. The van der Waals surface area contributed by atoms with Crippen LogP contribution in [0.2, 0.25) is 0 Å². The van der Waals surface area contributed by atoms with Gasteiger partial charge in [0.1, 0.15) is 140 Å². The second-order valence-corrected chi connectivity index (χ2v) is 21.7. The fourth-order valence-electron chi connectivity index (χ4n) is 10.4. The van der Waals surface area contributed by atoms with Crippen LogP contribution in [0, 0.1) is 5.92 Å². The molecule has 0 aromatic heterocycles. The van der Waals surface area contributed by atoms with Crippen molar-refractivity contribution in [1.82, 2.24) is 10.6 Å². The lowest BCUT2D eigenvalue weighted by molar-refractivity contribution is -0.385. The Kier molecular flexibility index (Phi) is 24.1. The Labute approximate surface area is 458 Å². The van der Waals surface area contributed by atoms with Crippen LogP contribution in [-0.4, -0.2) is 323 Å². The maximum atomic E-state index is 12.9. The summed E-state index contributed by atoms with van der Waals surface area (Å²) in [6, 6.07) is -3.24. The first-order chi connectivity index (χ1) is 37.6. The standard InChI is InChI=1S/C47H83N3O30/c1-14(8-48)7-47(5,6)80-42-24(50-17(4)55)30(61)39(22(76-42)13-70-43-34(65)31(62)25(56)15(2)71-43)77-41-23(49-16(3)54)29(60)38(20(11-53)74-41)78-46-37(68)40(79-45-36(67)33(64)27(58)19(10-52)73-45)28(59)21(75-46)12-69-44-35(66)32(63)26(57)18(9-51)72-44/h14-15,18-46,51-53,56-68H,7-13,48H2,1-6H3,(H,49,54)(H,50,55)/t14?,15-,18?,19-,20?,21?,22?,23?,24?,25?,26?,27?,28?,29?,30?,31?,32?,33?,34?,35?,36?,37?,38?,39?,40?,41?,42?,43+,44?,45+,46?/m0/s1. The molecule has 6 rings (SSSR count). The third-order valence-electron chi connectivity index (χ3n) is 14.8. The molecular weight excluding hydrogens is 1090 g/mol. The molecule has 31 atom stereocenters. The summed E-state index contributed by atoms with van der Waals surface area (Å²) in [6.07, 6.45) is -50.5. The van der Waals surface area contributed by atoms with Crippen molar-refractivity contribution in [3.05, 3.63) is 0 Å². The van der Waals surface area contributed by atoms with Gasteiger partial charge in [-0.15, -0.1) is 0 Å². The van der Waals surface area contributed by atoms with Gasteiger partial charge in [0.25, 0.3) is 0 Å². The average Bonchev–Trinajstić information content (AvgIpc) is 3.40. The highest BCUT2D eigenvalue weighted by Crippen LogP contribution is 2.37. The van der Waals surface area contributed by atoms with Crippen LogP contribution in [0.1, 0.15) is 48.0 Å². The number of hydrogen-bond acceptors (Lipinski definition) is 31. The summed E-state index contributed by atoms with van der Waals surface area (Å²) < 4.78 is 71.1. The van der Waals surface area contributed by atoms with Crippen LogP contribution in [0.4, 0.5) is 0 Å².